The molecule has 6 nitrogen and oxygen atoms in total. The first-order chi connectivity index (χ1) is 13.2. The van der Waals surface area contributed by atoms with Crippen molar-refractivity contribution in [2.24, 2.45) is 0 Å². The van der Waals surface area contributed by atoms with Crippen LogP contribution >= 0.6 is 0 Å². The molecule has 0 unspecified atom stereocenters. The SMILES string of the molecule is C.COCCC(=O)N1CCC(n2cc(-c3c[nH]c4cc(F)ccc34)cn2)CC1. The molecule has 1 amide bonds. The van der Waals surface area contributed by atoms with Crippen molar-refractivity contribution >= 4 is 16.8 Å². The normalized spacial score (nSPS) is 15.0. The molecule has 1 N–H and O–H groups in total. The summed E-state index contributed by atoms with van der Waals surface area (Å²) in [7, 11) is 1.61. The molecule has 0 spiro atoms. The molecule has 2 aromatic heterocycles. The van der Waals surface area contributed by atoms with Crippen LogP contribution in [0.1, 0.15) is 32.7 Å². The second-order valence-electron chi connectivity index (χ2n) is 6.96. The summed E-state index contributed by atoms with van der Waals surface area (Å²) in [6, 6.07) is 5.05. The first kappa shape index (κ1) is 20.1. The molecule has 0 bridgehead atoms. The predicted octanol–water partition coefficient (Wildman–Crippen LogP) is 4.01. The van der Waals surface area contributed by atoms with Crippen molar-refractivity contribution in [2.75, 3.05) is 26.8 Å². The maximum absolute atomic E-state index is 13.4. The number of amides is 1. The molecule has 1 saturated heterocycles. The van der Waals surface area contributed by atoms with E-state index in [1.165, 1.54) is 12.1 Å². The Labute approximate surface area is 164 Å². The Kier molecular flexibility index (Phi) is 6.14. The summed E-state index contributed by atoms with van der Waals surface area (Å²) in [6.07, 6.45) is 8.00. The van der Waals surface area contributed by atoms with Crippen LogP contribution in [-0.2, 0) is 9.53 Å². The van der Waals surface area contributed by atoms with Gasteiger partial charge in [-0.05, 0) is 31.0 Å². The molecule has 150 valence electrons. The molecule has 4 rings (SSSR count). The summed E-state index contributed by atoms with van der Waals surface area (Å²) >= 11 is 0. The van der Waals surface area contributed by atoms with Crippen LogP contribution in [0.15, 0.2) is 36.8 Å². The van der Waals surface area contributed by atoms with Gasteiger partial charge in [-0.2, -0.15) is 5.10 Å². The van der Waals surface area contributed by atoms with Gasteiger partial charge in [-0.1, -0.05) is 7.43 Å². The standard InChI is InChI=1S/C20H23FN4O2.CH4/c1-27-9-6-20(26)24-7-4-16(5-8-24)25-13-14(11-23-25)18-12-22-19-10-15(21)2-3-17(18)19;/h2-3,10-13,16,22H,4-9H2,1H3;1H4. The van der Waals surface area contributed by atoms with E-state index in [1.807, 2.05) is 28.2 Å². The second-order valence-corrected chi connectivity index (χ2v) is 6.96. The van der Waals surface area contributed by atoms with Gasteiger partial charge in [0.15, 0.2) is 0 Å². The Morgan fingerprint density at radius 1 is 1.36 bits per heavy atom. The number of benzene rings is 1. The summed E-state index contributed by atoms with van der Waals surface area (Å²) in [6.45, 7) is 1.96. The smallest absolute Gasteiger partial charge is 0.224 e. The number of halogens is 1. The van der Waals surface area contributed by atoms with Crippen molar-refractivity contribution in [3.8, 4) is 11.1 Å². The Bertz CT molecular complexity index is 941. The van der Waals surface area contributed by atoms with E-state index in [1.54, 1.807) is 13.2 Å². The number of rotatable bonds is 5. The highest BCUT2D eigenvalue weighted by atomic mass is 19.1. The van der Waals surface area contributed by atoms with Gasteiger partial charge in [0, 0.05) is 54.6 Å². The highest BCUT2D eigenvalue weighted by Gasteiger charge is 2.24. The lowest BCUT2D eigenvalue weighted by molar-refractivity contribution is -0.133. The fraction of sp³-hybridized carbons (Fsp3) is 0.429. The van der Waals surface area contributed by atoms with Crippen LogP contribution in [0.25, 0.3) is 22.0 Å². The zero-order valence-corrected chi connectivity index (χ0v) is 15.3. The summed E-state index contributed by atoms with van der Waals surface area (Å²) in [5, 5.41) is 5.53. The van der Waals surface area contributed by atoms with E-state index in [9.17, 15) is 9.18 Å². The Balaban J connectivity index is 0.00000225. The molecule has 0 radical (unpaired) electrons. The zero-order valence-electron chi connectivity index (χ0n) is 15.3. The first-order valence-corrected chi connectivity index (χ1v) is 9.23. The quantitative estimate of drug-likeness (QED) is 0.721. The van der Waals surface area contributed by atoms with Gasteiger partial charge in [0.25, 0.3) is 0 Å². The Morgan fingerprint density at radius 3 is 2.89 bits per heavy atom. The van der Waals surface area contributed by atoms with Crippen LogP contribution in [0, 0.1) is 5.82 Å². The van der Waals surface area contributed by atoms with Crippen LogP contribution < -0.4 is 0 Å². The van der Waals surface area contributed by atoms with Crippen molar-refractivity contribution in [3.63, 3.8) is 0 Å². The minimum absolute atomic E-state index is 0. The van der Waals surface area contributed by atoms with Gasteiger partial charge >= 0.3 is 0 Å². The third-order valence-corrected chi connectivity index (χ3v) is 5.27. The third-order valence-electron chi connectivity index (χ3n) is 5.27. The molecule has 0 saturated carbocycles. The molecule has 3 aromatic rings. The number of carbonyl (C=O) groups is 1. The summed E-state index contributed by atoms with van der Waals surface area (Å²) in [5.74, 6) is -0.0964. The van der Waals surface area contributed by atoms with Gasteiger partial charge in [-0.25, -0.2) is 4.39 Å². The number of hydrogen-bond acceptors (Lipinski definition) is 3. The number of aromatic amines is 1. The molecule has 28 heavy (non-hydrogen) atoms. The molecule has 1 fully saturated rings. The Hall–Kier alpha value is -2.67. The highest BCUT2D eigenvalue weighted by molar-refractivity contribution is 5.95. The number of carbonyl (C=O) groups excluding carboxylic acids is 1. The van der Waals surface area contributed by atoms with Crippen LogP contribution in [0.3, 0.4) is 0 Å². The Morgan fingerprint density at radius 2 is 2.14 bits per heavy atom. The van der Waals surface area contributed by atoms with E-state index < -0.39 is 0 Å². The van der Waals surface area contributed by atoms with Gasteiger partial charge in [0.1, 0.15) is 5.82 Å². The lowest BCUT2D eigenvalue weighted by Crippen LogP contribution is -2.39. The number of aromatic nitrogens is 3. The van der Waals surface area contributed by atoms with E-state index in [0.717, 1.165) is 48.0 Å². The summed E-state index contributed by atoms with van der Waals surface area (Å²) in [5.41, 5.74) is 2.80. The van der Waals surface area contributed by atoms with Gasteiger partial charge in [-0.15, -0.1) is 0 Å². The maximum atomic E-state index is 13.4. The highest BCUT2D eigenvalue weighted by Crippen LogP contribution is 2.30. The molecule has 0 aliphatic carbocycles. The number of likely N-dealkylation sites (tertiary alicyclic amines) is 1. The molecular weight excluding hydrogens is 359 g/mol. The predicted molar refractivity (Wildman–Crippen MR) is 108 cm³/mol. The number of ether oxygens (including phenoxy) is 1. The molecule has 1 aromatic carbocycles. The number of nitrogens with one attached hydrogen (secondary N) is 1. The van der Waals surface area contributed by atoms with Gasteiger partial charge in [0.2, 0.25) is 5.91 Å². The van der Waals surface area contributed by atoms with Crippen molar-refractivity contribution in [2.45, 2.75) is 32.7 Å². The minimum Gasteiger partial charge on any atom is -0.384 e. The molecular formula is C21H27FN4O2. The lowest BCUT2D eigenvalue weighted by atomic mass is 10.0. The fourth-order valence-corrected chi connectivity index (χ4v) is 3.74. The first-order valence-electron chi connectivity index (χ1n) is 9.23. The summed E-state index contributed by atoms with van der Waals surface area (Å²) < 4.78 is 20.4. The number of piperidine rings is 1. The molecule has 1 aliphatic rings. The second kappa shape index (κ2) is 8.56. The topological polar surface area (TPSA) is 63.1 Å². The number of nitrogens with zero attached hydrogens (tertiary/aromatic N) is 3. The fourth-order valence-electron chi connectivity index (χ4n) is 3.74. The van der Waals surface area contributed by atoms with E-state index in [2.05, 4.69) is 10.1 Å². The van der Waals surface area contributed by atoms with E-state index in [4.69, 9.17) is 4.74 Å². The van der Waals surface area contributed by atoms with Gasteiger partial charge < -0.3 is 14.6 Å². The summed E-state index contributed by atoms with van der Waals surface area (Å²) in [4.78, 5) is 17.1. The number of H-pyrrole nitrogens is 1. The average Bonchev–Trinajstić information content (AvgIpc) is 3.32. The van der Waals surface area contributed by atoms with Crippen LogP contribution in [0.5, 0.6) is 0 Å². The van der Waals surface area contributed by atoms with E-state index in [-0.39, 0.29) is 25.2 Å². The van der Waals surface area contributed by atoms with Crippen molar-refractivity contribution < 1.29 is 13.9 Å². The average molecular weight is 386 g/mol. The number of hydrogen-bond donors (Lipinski definition) is 1. The van der Waals surface area contributed by atoms with E-state index >= 15 is 0 Å². The molecule has 3 heterocycles. The molecule has 1 aliphatic heterocycles. The largest absolute Gasteiger partial charge is 0.384 e. The number of fused-ring (bicyclic) bond motifs is 1. The minimum atomic E-state index is -0.251. The lowest BCUT2D eigenvalue weighted by Gasteiger charge is -2.32. The van der Waals surface area contributed by atoms with Gasteiger partial charge in [-0.3, -0.25) is 9.48 Å². The zero-order chi connectivity index (χ0) is 18.8. The van der Waals surface area contributed by atoms with Crippen molar-refractivity contribution in [1.82, 2.24) is 19.7 Å². The molecule has 7 heteroatoms. The monoisotopic (exact) mass is 386 g/mol. The van der Waals surface area contributed by atoms with Crippen molar-refractivity contribution in [3.05, 3.63) is 42.6 Å². The molecule has 0 atom stereocenters. The van der Waals surface area contributed by atoms with Crippen LogP contribution in [0.4, 0.5) is 4.39 Å². The van der Waals surface area contributed by atoms with Crippen LogP contribution in [-0.4, -0.2) is 52.4 Å². The number of methoxy groups -OCH3 is 1. The maximum Gasteiger partial charge on any atom is 0.224 e. The van der Waals surface area contributed by atoms with Gasteiger partial charge in [0.05, 0.1) is 25.3 Å². The van der Waals surface area contributed by atoms with Crippen LogP contribution in [0.2, 0.25) is 0 Å². The third kappa shape index (κ3) is 3.94. The van der Waals surface area contributed by atoms with E-state index in [0.29, 0.717) is 13.0 Å². The van der Waals surface area contributed by atoms with Crippen molar-refractivity contribution in [1.29, 1.82) is 0 Å².